The van der Waals surface area contributed by atoms with E-state index in [1.165, 1.54) is 61.3 Å². The van der Waals surface area contributed by atoms with Crippen LogP contribution in [0.3, 0.4) is 0 Å². The smallest absolute Gasteiger partial charge is 0.152 e. The van der Waals surface area contributed by atoms with Gasteiger partial charge in [0.2, 0.25) is 0 Å². The molecule has 0 fully saturated rings. The van der Waals surface area contributed by atoms with Crippen LogP contribution in [0.25, 0.3) is 33.4 Å². The van der Waals surface area contributed by atoms with Crippen molar-refractivity contribution in [1.29, 1.82) is 0 Å². The lowest BCUT2D eigenvalue weighted by Crippen LogP contribution is -2.34. The Labute approximate surface area is 341 Å². The van der Waals surface area contributed by atoms with E-state index in [1.807, 2.05) is 0 Å². The van der Waals surface area contributed by atoms with E-state index in [0.717, 1.165) is 45.5 Å². The third kappa shape index (κ3) is 4.99. The van der Waals surface area contributed by atoms with Gasteiger partial charge in [0.1, 0.15) is 0 Å². The second-order valence-electron chi connectivity index (χ2n) is 17.0. The summed E-state index contributed by atoms with van der Waals surface area (Å²) in [7, 11) is 0. The minimum absolute atomic E-state index is 0.141. The molecule has 3 aliphatic rings. The van der Waals surface area contributed by atoms with E-state index in [2.05, 4.69) is 220 Å². The minimum Gasteiger partial charge on any atom is -0.453 e. The minimum atomic E-state index is -0.374. The summed E-state index contributed by atoms with van der Waals surface area (Å²) in [5.41, 5.74) is 20.0. The van der Waals surface area contributed by atoms with Gasteiger partial charge in [-0.1, -0.05) is 149 Å². The molecule has 1 aliphatic carbocycles. The average molecular weight is 749 g/mol. The highest BCUT2D eigenvalue weighted by atomic mass is 16.5. The predicted octanol–water partition coefficient (Wildman–Crippen LogP) is 15.3. The maximum absolute atomic E-state index is 7.05. The van der Waals surface area contributed by atoms with Crippen molar-refractivity contribution in [1.82, 2.24) is 0 Å². The zero-order valence-corrected chi connectivity index (χ0v) is 33.5. The zero-order valence-electron chi connectivity index (χ0n) is 33.5. The molecule has 2 aliphatic heterocycles. The summed E-state index contributed by atoms with van der Waals surface area (Å²) in [4.78, 5) is 4.97. The van der Waals surface area contributed by atoms with Crippen molar-refractivity contribution in [2.45, 2.75) is 45.4 Å². The SMILES string of the molecule is Cc1cc(-c2ccccc2)cc2c1N1c3ccccc3C(C)(C)c3c(N(c4ccc(-c5ccccc5)cc4)c4ccc5c(c4)C(C)(C)c4ccccc4-5)ccc(c31)O2. The van der Waals surface area contributed by atoms with E-state index in [1.54, 1.807) is 0 Å². The lowest BCUT2D eigenvalue weighted by Gasteiger charge is -2.47. The van der Waals surface area contributed by atoms with E-state index < -0.39 is 0 Å². The van der Waals surface area contributed by atoms with Crippen LogP contribution < -0.4 is 14.5 Å². The average Bonchev–Trinajstić information content (AvgIpc) is 3.48. The largest absolute Gasteiger partial charge is 0.453 e. The van der Waals surface area contributed by atoms with Crippen LogP contribution in [0.1, 0.15) is 55.5 Å². The van der Waals surface area contributed by atoms with Crippen molar-refractivity contribution in [3.8, 4) is 44.9 Å². The summed E-state index contributed by atoms with van der Waals surface area (Å²) >= 11 is 0. The van der Waals surface area contributed by atoms with Gasteiger partial charge < -0.3 is 14.5 Å². The number of hydrogen-bond acceptors (Lipinski definition) is 3. The topological polar surface area (TPSA) is 15.7 Å². The third-order valence-corrected chi connectivity index (χ3v) is 12.9. The third-order valence-electron chi connectivity index (χ3n) is 12.9. The van der Waals surface area contributed by atoms with Gasteiger partial charge in [0.25, 0.3) is 0 Å². The van der Waals surface area contributed by atoms with Crippen LogP contribution in [0.4, 0.5) is 34.1 Å². The molecule has 0 amide bonds. The first kappa shape index (κ1) is 34.4. The summed E-state index contributed by atoms with van der Waals surface area (Å²) in [5.74, 6) is 1.73. The quantitative estimate of drug-likeness (QED) is 0.174. The molecule has 0 N–H and O–H groups in total. The second-order valence-corrected chi connectivity index (χ2v) is 17.0. The van der Waals surface area contributed by atoms with Gasteiger partial charge >= 0.3 is 0 Å². The van der Waals surface area contributed by atoms with Crippen molar-refractivity contribution in [3.05, 3.63) is 204 Å². The highest BCUT2D eigenvalue weighted by Crippen LogP contribution is 2.64. The summed E-state index contributed by atoms with van der Waals surface area (Å²) in [5, 5.41) is 0. The Kier molecular flexibility index (Phi) is 7.46. The Morgan fingerprint density at radius 1 is 0.448 bits per heavy atom. The summed E-state index contributed by atoms with van der Waals surface area (Å²) in [6.45, 7) is 11.7. The fourth-order valence-electron chi connectivity index (χ4n) is 10.1. The first-order chi connectivity index (χ1) is 28.2. The van der Waals surface area contributed by atoms with Gasteiger partial charge in [-0.25, -0.2) is 0 Å². The molecule has 0 spiro atoms. The first-order valence-corrected chi connectivity index (χ1v) is 20.4. The highest BCUT2D eigenvalue weighted by Gasteiger charge is 2.45. The Hall–Kier alpha value is -6.84. The molecule has 0 atom stereocenters. The molecular formula is C55H44N2O. The molecule has 58 heavy (non-hydrogen) atoms. The van der Waals surface area contributed by atoms with Gasteiger partial charge in [0.15, 0.2) is 11.5 Å². The van der Waals surface area contributed by atoms with Crippen molar-refractivity contribution in [3.63, 3.8) is 0 Å². The first-order valence-electron chi connectivity index (χ1n) is 20.4. The number of rotatable bonds is 5. The number of nitrogens with zero attached hydrogens (tertiary/aromatic N) is 2. The molecule has 11 rings (SSSR count). The molecule has 8 aromatic carbocycles. The van der Waals surface area contributed by atoms with Crippen molar-refractivity contribution >= 4 is 34.1 Å². The molecule has 0 radical (unpaired) electrons. The lowest BCUT2D eigenvalue weighted by molar-refractivity contribution is 0.471. The predicted molar refractivity (Wildman–Crippen MR) is 241 cm³/mol. The van der Waals surface area contributed by atoms with Gasteiger partial charge in [0.05, 0.1) is 22.7 Å². The number of para-hydroxylation sites is 1. The molecule has 3 heteroatoms. The maximum Gasteiger partial charge on any atom is 0.152 e. The van der Waals surface area contributed by atoms with Crippen LogP contribution in [-0.4, -0.2) is 0 Å². The molecule has 8 aromatic rings. The summed E-state index contributed by atoms with van der Waals surface area (Å²) in [6.07, 6.45) is 0. The Balaban J connectivity index is 1.15. The number of aryl methyl sites for hydroxylation is 1. The van der Waals surface area contributed by atoms with Crippen molar-refractivity contribution in [2.75, 3.05) is 9.80 Å². The van der Waals surface area contributed by atoms with E-state index in [0.29, 0.717) is 0 Å². The molecule has 3 nitrogen and oxygen atoms in total. The molecule has 0 bridgehead atoms. The van der Waals surface area contributed by atoms with E-state index in [4.69, 9.17) is 4.74 Å². The van der Waals surface area contributed by atoms with Crippen LogP contribution in [0.15, 0.2) is 176 Å². The standard InChI is InChI=1S/C55H44N2O/c1-35-32-39(37-18-10-7-11-19-37)33-50-52(35)57-47-23-15-14-22-45(47)55(4,5)51-48(30-31-49(58-50)53(51)57)56(40-26-24-38(25-27-40)36-16-8-6-9-17-36)41-28-29-43-42-20-12-13-21-44(42)54(2,3)46(43)34-41/h6-34H,1-5H3. The highest BCUT2D eigenvalue weighted by molar-refractivity contribution is 5.99. The van der Waals surface area contributed by atoms with E-state index in [9.17, 15) is 0 Å². The summed E-state index contributed by atoms with van der Waals surface area (Å²) < 4.78 is 7.05. The number of benzene rings is 8. The molecule has 0 saturated carbocycles. The van der Waals surface area contributed by atoms with Crippen LogP contribution >= 0.6 is 0 Å². The number of anilines is 6. The van der Waals surface area contributed by atoms with E-state index >= 15 is 0 Å². The fourth-order valence-corrected chi connectivity index (χ4v) is 10.1. The van der Waals surface area contributed by atoms with Crippen LogP contribution in [0.5, 0.6) is 11.5 Å². The Morgan fingerprint density at radius 3 is 1.79 bits per heavy atom. The number of hydrogen-bond donors (Lipinski definition) is 0. The monoisotopic (exact) mass is 748 g/mol. The van der Waals surface area contributed by atoms with Crippen molar-refractivity contribution < 1.29 is 4.74 Å². The maximum atomic E-state index is 7.05. The number of fused-ring (bicyclic) bond motifs is 7. The molecule has 0 saturated heterocycles. The second kappa shape index (κ2) is 12.6. The molecule has 2 heterocycles. The van der Waals surface area contributed by atoms with Crippen LogP contribution in [0, 0.1) is 6.92 Å². The van der Waals surface area contributed by atoms with Crippen LogP contribution in [0.2, 0.25) is 0 Å². The molecular weight excluding hydrogens is 705 g/mol. The van der Waals surface area contributed by atoms with Gasteiger partial charge in [0, 0.05) is 27.8 Å². The van der Waals surface area contributed by atoms with E-state index in [-0.39, 0.29) is 10.8 Å². The number of ether oxygens (including phenoxy) is 1. The normalized spacial score (nSPS) is 14.7. The van der Waals surface area contributed by atoms with Crippen LogP contribution in [-0.2, 0) is 10.8 Å². The Morgan fingerprint density at radius 2 is 1.05 bits per heavy atom. The van der Waals surface area contributed by atoms with Gasteiger partial charge in [-0.05, 0) is 117 Å². The van der Waals surface area contributed by atoms with Gasteiger partial charge in [-0.2, -0.15) is 0 Å². The summed E-state index contributed by atoms with van der Waals surface area (Å²) in [6, 6.07) is 64.2. The molecule has 0 aromatic heterocycles. The lowest BCUT2D eigenvalue weighted by atomic mass is 9.72. The molecule has 0 unspecified atom stereocenters. The van der Waals surface area contributed by atoms with Gasteiger partial charge in [-0.3, -0.25) is 0 Å². The fraction of sp³-hybridized carbons (Fsp3) is 0.127. The van der Waals surface area contributed by atoms with Crippen molar-refractivity contribution in [2.24, 2.45) is 0 Å². The van der Waals surface area contributed by atoms with Gasteiger partial charge in [-0.15, -0.1) is 0 Å². The Bertz CT molecular complexity index is 2930. The zero-order chi connectivity index (χ0) is 39.3. The molecule has 280 valence electrons.